The van der Waals surface area contributed by atoms with Crippen molar-refractivity contribution in [2.75, 3.05) is 11.8 Å². The summed E-state index contributed by atoms with van der Waals surface area (Å²) in [6, 6.07) is 13.7. The molecule has 0 aliphatic heterocycles. The maximum absolute atomic E-state index is 12.5. The van der Waals surface area contributed by atoms with Crippen molar-refractivity contribution in [3.8, 4) is 11.5 Å². The lowest BCUT2D eigenvalue weighted by Crippen LogP contribution is -2.18. The van der Waals surface area contributed by atoms with Crippen LogP contribution in [-0.4, -0.2) is 41.5 Å². The van der Waals surface area contributed by atoms with Gasteiger partial charge in [0.15, 0.2) is 0 Å². The third kappa shape index (κ3) is 4.74. The molecule has 2 heterocycles. The highest BCUT2D eigenvalue weighted by Gasteiger charge is 2.17. The first-order valence-corrected chi connectivity index (χ1v) is 11.0. The van der Waals surface area contributed by atoms with E-state index in [4.69, 9.17) is 16.3 Å². The number of ether oxygens (including phenoxy) is 1. The molecule has 0 spiro atoms. The molecule has 2 aromatic heterocycles. The maximum Gasteiger partial charge on any atom is 0.269 e. The van der Waals surface area contributed by atoms with Crippen LogP contribution in [0.4, 0.5) is 5.95 Å². The van der Waals surface area contributed by atoms with Crippen molar-refractivity contribution in [3.63, 3.8) is 0 Å². The molecule has 0 radical (unpaired) electrons. The molecule has 2 N–H and O–H groups in total. The zero-order valence-corrected chi connectivity index (χ0v) is 18.1. The van der Waals surface area contributed by atoms with Crippen LogP contribution in [0, 0.1) is 0 Å². The minimum atomic E-state index is -3.93. The van der Waals surface area contributed by atoms with E-state index in [1.54, 1.807) is 30.3 Å². The molecule has 0 saturated heterocycles. The van der Waals surface area contributed by atoms with Gasteiger partial charge in [-0.2, -0.15) is 0 Å². The van der Waals surface area contributed by atoms with Gasteiger partial charge >= 0.3 is 0 Å². The second-order valence-corrected chi connectivity index (χ2v) is 8.53. The monoisotopic (exact) mass is 470 g/mol. The number of hydrogen-bond donors (Lipinski definition) is 2. The number of pyridine rings is 1. The lowest BCUT2D eigenvalue weighted by molar-refractivity contribution is 0.0958. The van der Waals surface area contributed by atoms with Crippen molar-refractivity contribution in [2.24, 2.45) is 0 Å². The third-order valence-corrected chi connectivity index (χ3v) is 5.75. The predicted molar refractivity (Wildman–Crippen MR) is 117 cm³/mol. The Bertz CT molecular complexity index is 1430. The Hall–Kier alpha value is -3.83. The Labute approximate surface area is 187 Å². The zero-order valence-electron chi connectivity index (χ0n) is 16.5. The molecule has 10 nitrogen and oxygen atoms in total. The standard InChI is InChI=1S/C20H15ClN6O4S/c1-22-19(28)18-11-14(7-8-23-18)31-13-5-6-16-17(10-13)25-26-20(24-16)27-32(29,30)15-4-2-3-12(21)9-15/h2-11H,1H3,(H,22,28)(H,24,26,27). The molecule has 4 rings (SSSR count). The van der Waals surface area contributed by atoms with Gasteiger partial charge in [-0.25, -0.2) is 18.1 Å². The Kier molecular flexibility index (Phi) is 5.84. The third-order valence-electron chi connectivity index (χ3n) is 4.18. The van der Waals surface area contributed by atoms with Crippen molar-refractivity contribution in [3.05, 3.63) is 71.5 Å². The summed E-state index contributed by atoms with van der Waals surface area (Å²) in [6.07, 6.45) is 1.46. The van der Waals surface area contributed by atoms with Crippen molar-refractivity contribution < 1.29 is 17.9 Å². The number of carbonyl (C=O) groups is 1. The first-order chi connectivity index (χ1) is 15.3. The highest BCUT2D eigenvalue weighted by atomic mass is 35.5. The topological polar surface area (TPSA) is 136 Å². The van der Waals surface area contributed by atoms with E-state index in [0.717, 1.165) is 0 Å². The second-order valence-electron chi connectivity index (χ2n) is 6.41. The summed E-state index contributed by atoms with van der Waals surface area (Å²) >= 11 is 5.87. The molecular weight excluding hydrogens is 456 g/mol. The van der Waals surface area contributed by atoms with E-state index < -0.39 is 10.0 Å². The molecule has 0 unspecified atom stereocenters. The van der Waals surface area contributed by atoms with Crippen molar-refractivity contribution >= 4 is 44.5 Å². The van der Waals surface area contributed by atoms with Crippen molar-refractivity contribution in [1.29, 1.82) is 0 Å². The number of fused-ring (bicyclic) bond motifs is 1. The summed E-state index contributed by atoms with van der Waals surface area (Å²) in [5, 5.41) is 10.6. The van der Waals surface area contributed by atoms with Gasteiger partial charge < -0.3 is 10.1 Å². The fourth-order valence-electron chi connectivity index (χ4n) is 2.70. The van der Waals surface area contributed by atoms with Crippen LogP contribution in [0.5, 0.6) is 11.5 Å². The average Bonchev–Trinajstić information content (AvgIpc) is 2.78. The summed E-state index contributed by atoms with van der Waals surface area (Å²) in [7, 11) is -2.42. The predicted octanol–water partition coefficient (Wildman–Crippen LogP) is 3.03. The van der Waals surface area contributed by atoms with E-state index in [2.05, 4.69) is 30.2 Å². The molecule has 12 heteroatoms. The molecule has 2 aromatic carbocycles. The average molecular weight is 471 g/mol. The molecule has 1 amide bonds. The molecule has 162 valence electrons. The van der Waals surface area contributed by atoms with Crippen LogP contribution in [0.2, 0.25) is 5.02 Å². The number of nitrogens with one attached hydrogen (secondary N) is 2. The summed E-state index contributed by atoms with van der Waals surface area (Å²) < 4.78 is 33.1. The van der Waals surface area contributed by atoms with Gasteiger partial charge in [-0.1, -0.05) is 17.7 Å². The number of amides is 1. The maximum atomic E-state index is 12.5. The van der Waals surface area contributed by atoms with Crippen LogP contribution in [0.15, 0.2) is 65.7 Å². The summed E-state index contributed by atoms with van der Waals surface area (Å²) in [5.41, 5.74) is 0.995. The number of benzene rings is 2. The van der Waals surface area contributed by atoms with E-state index in [1.165, 1.54) is 37.5 Å². The van der Waals surface area contributed by atoms with E-state index in [1.807, 2.05) is 0 Å². The fourth-order valence-corrected chi connectivity index (χ4v) is 3.94. The van der Waals surface area contributed by atoms with E-state index in [0.29, 0.717) is 22.5 Å². The quantitative estimate of drug-likeness (QED) is 0.438. The smallest absolute Gasteiger partial charge is 0.269 e. The number of sulfonamides is 1. The van der Waals surface area contributed by atoms with Crippen molar-refractivity contribution in [1.82, 2.24) is 25.5 Å². The van der Waals surface area contributed by atoms with Gasteiger partial charge in [-0.05, 0) is 36.4 Å². The molecule has 0 aliphatic rings. The summed E-state index contributed by atoms with van der Waals surface area (Å²) in [6.45, 7) is 0. The van der Waals surface area contributed by atoms with Crippen LogP contribution in [0.3, 0.4) is 0 Å². The first-order valence-electron chi connectivity index (χ1n) is 9.13. The Morgan fingerprint density at radius 1 is 1.00 bits per heavy atom. The van der Waals surface area contributed by atoms with Crippen molar-refractivity contribution in [2.45, 2.75) is 4.90 Å². The first kappa shape index (κ1) is 21.4. The fraction of sp³-hybridized carbons (Fsp3) is 0.0500. The largest absolute Gasteiger partial charge is 0.457 e. The van der Waals surface area contributed by atoms with Crippen LogP contribution in [0.25, 0.3) is 11.0 Å². The highest BCUT2D eigenvalue weighted by molar-refractivity contribution is 7.92. The Morgan fingerprint density at radius 3 is 2.59 bits per heavy atom. The molecule has 0 saturated carbocycles. The van der Waals surface area contributed by atoms with E-state index >= 15 is 0 Å². The van der Waals surface area contributed by atoms with E-state index in [9.17, 15) is 13.2 Å². The number of anilines is 1. The number of nitrogens with zero attached hydrogens (tertiary/aromatic N) is 4. The van der Waals surface area contributed by atoms with Gasteiger partial charge in [0.1, 0.15) is 22.7 Å². The van der Waals surface area contributed by atoms with Crippen LogP contribution >= 0.6 is 11.6 Å². The number of aromatic nitrogens is 4. The summed E-state index contributed by atoms with van der Waals surface area (Å²) in [4.78, 5) is 19.9. The second kappa shape index (κ2) is 8.73. The minimum absolute atomic E-state index is 0.0223. The Balaban J connectivity index is 1.56. The van der Waals surface area contributed by atoms with Gasteiger partial charge in [0.25, 0.3) is 21.9 Å². The highest BCUT2D eigenvalue weighted by Crippen LogP contribution is 2.25. The van der Waals surface area contributed by atoms with E-state index in [-0.39, 0.29) is 27.5 Å². The molecule has 0 aliphatic carbocycles. The van der Waals surface area contributed by atoms with Gasteiger partial charge in [-0.15, -0.1) is 10.2 Å². The molecule has 0 fully saturated rings. The zero-order chi connectivity index (χ0) is 22.7. The number of carbonyl (C=O) groups excluding carboxylic acids is 1. The van der Waals surface area contributed by atoms with Gasteiger partial charge in [0.05, 0.1) is 10.4 Å². The molecular formula is C20H15ClN6O4S. The SMILES string of the molecule is CNC(=O)c1cc(Oc2ccc3nc(NS(=O)(=O)c4cccc(Cl)c4)nnc3c2)ccn1. The lowest BCUT2D eigenvalue weighted by atomic mass is 10.3. The van der Waals surface area contributed by atoms with Crippen LogP contribution in [-0.2, 0) is 10.0 Å². The molecule has 0 bridgehead atoms. The molecule has 0 atom stereocenters. The number of rotatable bonds is 6. The normalized spacial score (nSPS) is 11.2. The lowest BCUT2D eigenvalue weighted by Gasteiger charge is -2.09. The number of hydrogen-bond acceptors (Lipinski definition) is 8. The van der Waals surface area contributed by atoms with Gasteiger partial charge in [0, 0.05) is 30.4 Å². The summed E-state index contributed by atoms with van der Waals surface area (Å²) in [5.74, 6) is 0.312. The minimum Gasteiger partial charge on any atom is -0.457 e. The van der Waals surface area contributed by atoms with Gasteiger partial charge in [-0.3, -0.25) is 9.78 Å². The Morgan fingerprint density at radius 2 is 1.81 bits per heavy atom. The van der Waals surface area contributed by atoms with Crippen LogP contribution < -0.4 is 14.8 Å². The number of halogens is 1. The molecule has 4 aromatic rings. The molecule has 32 heavy (non-hydrogen) atoms. The van der Waals surface area contributed by atoms with Crippen LogP contribution in [0.1, 0.15) is 10.5 Å². The van der Waals surface area contributed by atoms with Gasteiger partial charge in [0.2, 0.25) is 0 Å².